The molecule has 6 heteroatoms. The number of hydrogen-bond donors (Lipinski definition) is 1. The molecule has 6 nitrogen and oxygen atoms in total. The van der Waals surface area contributed by atoms with Crippen LogP contribution in [-0.4, -0.2) is 25.1 Å². The highest BCUT2D eigenvalue weighted by molar-refractivity contribution is 5.76. The van der Waals surface area contributed by atoms with Crippen molar-refractivity contribution in [2.45, 2.75) is 33.0 Å². The summed E-state index contributed by atoms with van der Waals surface area (Å²) < 4.78 is 3.76. The third-order valence-corrected chi connectivity index (χ3v) is 4.92. The summed E-state index contributed by atoms with van der Waals surface area (Å²) in [6.07, 6.45) is 5.41. The quantitative estimate of drug-likeness (QED) is 0.564. The highest BCUT2D eigenvalue weighted by Crippen LogP contribution is 2.16. The van der Waals surface area contributed by atoms with Gasteiger partial charge in [0.25, 0.3) is 5.56 Å². The van der Waals surface area contributed by atoms with Crippen molar-refractivity contribution < 1.29 is 0 Å². The molecular weight excluding hydrogens is 350 g/mol. The van der Waals surface area contributed by atoms with Crippen LogP contribution in [0.5, 0.6) is 0 Å². The lowest BCUT2D eigenvalue weighted by molar-refractivity contribution is 0.467. The number of aromatic nitrogens is 4. The molecule has 0 amide bonds. The minimum absolute atomic E-state index is 0.00584. The van der Waals surface area contributed by atoms with Crippen LogP contribution in [0.4, 0.5) is 0 Å². The van der Waals surface area contributed by atoms with Gasteiger partial charge in [0.05, 0.1) is 22.9 Å². The number of nitrogens with one attached hydrogen (secondary N) is 1. The second kappa shape index (κ2) is 7.78. The molecule has 1 atom stereocenters. The Morgan fingerprint density at radius 2 is 1.86 bits per heavy atom. The lowest BCUT2D eigenvalue weighted by atomic mass is 10.1. The molecule has 2 heterocycles. The molecule has 0 saturated heterocycles. The van der Waals surface area contributed by atoms with E-state index in [0.717, 1.165) is 17.0 Å². The van der Waals surface area contributed by atoms with Gasteiger partial charge in [0.15, 0.2) is 0 Å². The highest BCUT2D eigenvalue weighted by Gasteiger charge is 2.10. The van der Waals surface area contributed by atoms with Crippen LogP contribution in [0.3, 0.4) is 0 Å². The van der Waals surface area contributed by atoms with Crippen LogP contribution in [0.15, 0.2) is 72.0 Å². The van der Waals surface area contributed by atoms with E-state index in [9.17, 15) is 4.79 Å². The largest absolute Gasteiger partial charge is 0.308 e. The Morgan fingerprint density at radius 3 is 2.68 bits per heavy atom. The van der Waals surface area contributed by atoms with Gasteiger partial charge < -0.3 is 9.88 Å². The zero-order valence-corrected chi connectivity index (χ0v) is 16.0. The molecule has 0 spiro atoms. The molecule has 2 aromatic carbocycles. The van der Waals surface area contributed by atoms with E-state index in [1.807, 2.05) is 49.5 Å². The van der Waals surface area contributed by atoms with E-state index in [0.29, 0.717) is 18.5 Å². The molecule has 0 unspecified atom stereocenters. The van der Waals surface area contributed by atoms with Crippen molar-refractivity contribution in [2.24, 2.45) is 0 Å². The van der Waals surface area contributed by atoms with Crippen molar-refractivity contribution in [1.29, 1.82) is 0 Å². The van der Waals surface area contributed by atoms with Crippen molar-refractivity contribution >= 4 is 10.9 Å². The van der Waals surface area contributed by atoms with E-state index in [1.54, 1.807) is 17.1 Å². The summed E-state index contributed by atoms with van der Waals surface area (Å²) in [4.78, 5) is 21.4. The van der Waals surface area contributed by atoms with E-state index in [1.165, 1.54) is 5.56 Å². The number of rotatable bonds is 6. The SMILES string of the molecule is Cc1nccn1-c1ccccc1CN[C@H](C)Cn1cnc2ccccc2c1=O. The molecular formula is C22H23N5O. The third kappa shape index (κ3) is 3.59. The molecule has 2 aromatic heterocycles. The summed E-state index contributed by atoms with van der Waals surface area (Å²) in [5, 5.41) is 4.17. The summed E-state index contributed by atoms with van der Waals surface area (Å²) in [5.74, 6) is 0.953. The molecule has 0 fully saturated rings. The normalized spacial score (nSPS) is 12.4. The fourth-order valence-corrected chi connectivity index (χ4v) is 3.41. The predicted octanol–water partition coefficient (Wildman–Crippen LogP) is 3.07. The first-order valence-electron chi connectivity index (χ1n) is 9.39. The summed E-state index contributed by atoms with van der Waals surface area (Å²) in [5.41, 5.74) is 3.02. The van der Waals surface area contributed by atoms with Gasteiger partial charge in [0, 0.05) is 31.5 Å². The van der Waals surface area contributed by atoms with Crippen molar-refractivity contribution in [3.8, 4) is 5.69 Å². The average Bonchev–Trinajstić information content (AvgIpc) is 3.15. The van der Waals surface area contributed by atoms with E-state index in [2.05, 4.69) is 38.9 Å². The number of fused-ring (bicyclic) bond motifs is 1. The molecule has 0 radical (unpaired) electrons. The maximum absolute atomic E-state index is 12.7. The monoisotopic (exact) mass is 373 g/mol. The average molecular weight is 373 g/mol. The zero-order valence-electron chi connectivity index (χ0n) is 16.0. The smallest absolute Gasteiger partial charge is 0.261 e. The summed E-state index contributed by atoms with van der Waals surface area (Å²) in [7, 11) is 0. The number of imidazole rings is 1. The molecule has 0 aliphatic rings. The van der Waals surface area contributed by atoms with E-state index >= 15 is 0 Å². The Morgan fingerprint density at radius 1 is 1.07 bits per heavy atom. The first kappa shape index (κ1) is 18.1. The maximum Gasteiger partial charge on any atom is 0.261 e. The summed E-state index contributed by atoms with van der Waals surface area (Å²) in [6, 6.07) is 15.8. The number of benzene rings is 2. The second-order valence-corrected chi connectivity index (χ2v) is 6.97. The van der Waals surface area contributed by atoms with Crippen molar-refractivity contribution in [2.75, 3.05) is 0 Å². The Hall–Kier alpha value is -3.25. The Labute approximate surface area is 163 Å². The molecule has 0 bridgehead atoms. The first-order valence-corrected chi connectivity index (χ1v) is 9.39. The minimum Gasteiger partial charge on any atom is -0.308 e. The van der Waals surface area contributed by atoms with E-state index < -0.39 is 0 Å². The van der Waals surface area contributed by atoms with Crippen molar-refractivity contribution in [3.05, 3.63) is 89.0 Å². The fourth-order valence-electron chi connectivity index (χ4n) is 3.41. The molecule has 142 valence electrons. The Bertz CT molecular complexity index is 1160. The third-order valence-electron chi connectivity index (χ3n) is 4.92. The lowest BCUT2D eigenvalue weighted by Crippen LogP contribution is -2.34. The second-order valence-electron chi connectivity index (χ2n) is 6.97. The molecule has 4 rings (SSSR count). The van der Waals surface area contributed by atoms with Crippen molar-refractivity contribution in [3.63, 3.8) is 0 Å². The standard InChI is InChI=1S/C22H23N5O/c1-16(14-26-15-25-20-9-5-4-8-19(20)22(26)28)24-13-18-7-3-6-10-21(18)27-12-11-23-17(27)2/h3-12,15-16,24H,13-14H2,1-2H3/t16-/m1/s1. The molecule has 0 saturated carbocycles. The van der Waals surface area contributed by atoms with Gasteiger partial charge in [-0.1, -0.05) is 30.3 Å². The van der Waals surface area contributed by atoms with Gasteiger partial charge >= 0.3 is 0 Å². The van der Waals surface area contributed by atoms with Crippen molar-refractivity contribution in [1.82, 2.24) is 24.4 Å². The van der Waals surface area contributed by atoms with Crippen LogP contribution in [0.2, 0.25) is 0 Å². The topological polar surface area (TPSA) is 64.7 Å². The van der Waals surface area contributed by atoms with E-state index in [4.69, 9.17) is 0 Å². The molecule has 4 aromatic rings. The number of aryl methyl sites for hydroxylation is 1. The van der Waals surface area contributed by atoms with Crippen LogP contribution in [0.1, 0.15) is 18.3 Å². The molecule has 1 N–H and O–H groups in total. The van der Waals surface area contributed by atoms with E-state index in [-0.39, 0.29) is 11.6 Å². The van der Waals surface area contributed by atoms with Gasteiger partial charge in [0.1, 0.15) is 5.82 Å². The molecule has 28 heavy (non-hydrogen) atoms. The molecule has 0 aliphatic heterocycles. The lowest BCUT2D eigenvalue weighted by Gasteiger charge is -2.18. The Kier molecular flexibility index (Phi) is 5.04. The van der Waals surface area contributed by atoms with Gasteiger partial charge in [-0.25, -0.2) is 9.97 Å². The van der Waals surface area contributed by atoms with Gasteiger partial charge in [-0.2, -0.15) is 0 Å². The summed E-state index contributed by atoms with van der Waals surface area (Å²) >= 11 is 0. The zero-order chi connectivity index (χ0) is 19.5. The summed E-state index contributed by atoms with van der Waals surface area (Å²) in [6.45, 7) is 5.33. The van der Waals surface area contributed by atoms with Gasteiger partial charge in [-0.3, -0.25) is 9.36 Å². The fraction of sp³-hybridized carbons (Fsp3) is 0.227. The number of para-hydroxylation sites is 2. The number of hydrogen-bond acceptors (Lipinski definition) is 4. The van der Waals surface area contributed by atoms with Crippen LogP contribution >= 0.6 is 0 Å². The predicted molar refractivity (Wildman–Crippen MR) is 111 cm³/mol. The van der Waals surface area contributed by atoms with Crippen LogP contribution in [-0.2, 0) is 13.1 Å². The minimum atomic E-state index is -0.00584. The van der Waals surface area contributed by atoms with Gasteiger partial charge in [0.2, 0.25) is 0 Å². The highest BCUT2D eigenvalue weighted by atomic mass is 16.1. The number of nitrogens with zero attached hydrogens (tertiary/aromatic N) is 4. The van der Waals surface area contributed by atoms with Gasteiger partial charge in [-0.05, 0) is 37.6 Å². The van der Waals surface area contributed by atoms with Crippen LogP contribution in [0, 0.1) is 6.92 Å². The van der Waals surface area contributed by atoms with Crippen LogP contribution in [0.25, 0.3) is 16.6 Å². The molecule has 0 aliphatic carbocycles. The van der Waals surface area contributed by atoms with Gasteiger partial charge in [-0.15, -0.1) is 0 Å². The Balaban J connectivity index is 1.49. The maximum atomic E-state index is 12.7. The first-order chi connectivity index (χ1) is 13.6. The van der Waals surface area contributed by atoms with Crippen LogP contribution < -0.4 is 10.9 Å².